The van der Waals surface area contributed by atoms with Crippen LogP contribution in [0, 0.1) is 0 Å². The minimum Gasteiger partial charge on any atom is -0.292 e. The number of carbonyl (C=O) groups is 1. The summed E-state index contributed by atoms with van der Waals surface area (Å²) in [5, 5.41) is 1.69. The Balaban J connectivity index is 1.40. The second-order valence-corrected chi connectivity index (χ2v) is 11.5. The van der Waals surface area contributed by atoms with Gasteiger partial charge in [0.15, 0.2) is 10.9 Å². The molecule has 0 aliphatic carbocycles. The molecule has 0 aliphatic rings. The number of Topliss-reactive ketones (excluding diaryl/α,β-unsaturated/α-hetero) is 1. The first kappa shape index (κ1) is 22.0. The Hall–Kier alpha value is -2.79. The summed E-state index contributed by atoms with van der Waals surface area (Å²) >= 11 is 2.79. The summed E-state index contributed by atoms with van der Waals surface area (Å²) < 4.78 is 26.9. The van der Waals surface area contributed by atoms with Gasteiger partial charge in [0, 0.05) is 16.8 Å². The predicted molar refractivity (Wildman–Crippen MR) is 134 cm³/mol. The van der Waals surface area contributed by atoms with E-state index in [-0.39, 0.29) is 11.5 Å². The van der Waals surface area contributed by atoms with Crippen molar-refractivity contribution in [1.29, 1.82) is 0 Å². The average molecular weight is 497 g/mol. The number of carbonyl (C=O) groups excluding carboxylic acids is 1. The minimum absolute atomic E-state index is 0.0138. The van der Waals surface area contributed by atoms with Crippen LogP contribution in [-0.2, 0) is 16.4 Å². The Bertz CT molecular complexity index is 1610. The van der Waals surface area contributed by atoms with Crippen LogP contribution < -0.4 is 4.72 Å². The Kier molecular flexibility index (Phi) is 5.92. The van der Waals surface area contributed by atoms with Crippen molar-refractivity contribution < 1.29 is 13.2 Å². The fraction of sp³-hybridized carbons (Fsp3) is 0.174. The van der Waals surface area contributed by atoms with Crippen molar-refractivity contribution in [3.63, 3.8) is 0 Å². The van der Waals surface area contributed by atoms with E-state index < -0.39 is 10.0 Å². The summed E-state index contributed by atoms with van der Waals surface area (Å²) in [5.41, 5.74) is 3.51. The number of rotatable bonds is 8. The van der Waals surface area contributed by atoms with E-state index >= 15 is 0 Å². The number of hydrogen-bond acceptors (Lipinski definition) is 7. The van der Waals surface area contributed by atoms with Crippen LogP contribution >= 0.6 is 23.1 Å². The van der Waals surface area contributed by atoms with E-state index in [1.807, 2.05) is 59.0 Å². The van der Waals surface area contributed by atoms with Crippen LogP contribution in [0.4, 0.5) is 0 Å². The number of nitrogens with one attached hydrogen (secondary N) is 1. The molecule has 7 nitrogen and oxygen atoms in total. The molecule has 0 saturated carbocycles. The Morgan fingerprint density at radius 2 is 1.79 bits per heavy atom. The van der Waals surface area contributed by atoms with Gasteiger partial charge in [0.2, 0.25) is 10.0 Å². The van der Waals surface area contributed by atoms with Crippen molar-refractivity contribution in [2.24, 2.45) is 0 Å². The second-order valence-electron chi connectivity index (χ2n) is 7.57. The number of nitrogens with zero attached hydrogens (tertiary/aromatic N) is 3. The number of para-hydroxylation sites is 3. The molecule has 0 saturated heterocycles. The van der Waals surface area contributed by atoms with Crippen LogP contribution in [-0.4, -0.2) is 47.1 Å². The van der Waals surface area contributed by atoms with Gasteiger partial charge in [-0.15, -0.1) is 11.3 Å². The van der Waals surface area contributed by atoms with Crippen molar-refractivity contribution in [2.75, 3.05) is 18.6 Å². The monoisotopic (exact) mass is 496 g/mol. The summed E-state index contributed by atoms with van der Waals surface area (Å²) in [7, 11) is -3.22. The minimum atomic E-state index is -3.22. The lowest BCUT2D eigenvalue weighted by atomic mass is 10.2. The van der Waals surface area contributed by atoms with Crippen LogP contribution in [0.25, 0.3) is 27.6 Å². The molecule has 0 unspecified atom stereocenters. The van der Waals surface area contributed by atoms with Gasteiger partial charge in [-0.2, -0.15) is 0 Å². The third kappa shape index (κ3) is 4.65. The number of benzene rings is 2. The molecule has 3 heterocycles. The summed E-state index contributed by atoms with van der Waals surface area (Å²) in [6.07, 6.45) is 1.68. The third-order valence-electron chi connectivity index (χ3n) is 5.12. The fourth-order valence-corrected chi connectivity index (χ4v) is 6.03. The second kappa shape index (κ2) is 8.86. The zero-order chi connectivity index (χ0) is 23.0. The molecule has 10 heteroatoms. The zero-order valence-corrected chi connectivity index (χ0v) is 20.1. The molecule has 5 rings (SSSR count). The SMILES string of the molecule is CS(=O)(=O)NCCc1ccc(C(=O)CSc2nc3ccccc3c3nc4ccccc4n23)s1. The number of hydrogen-bond donors (Lipinski definition) is 1. The quantitative estimate of drug-likeness (QED) is 0.197. The van der Waals surface area contributed by atoms with Gasteiger partial charge in [-0.3, -0.25) is 9.20 Å². The number of thioether (sulfide) groups is 1. The highest BCUT2D eigenvalue weighted by Gasteiger charge is 2.16. The van der Waals surface area contributed by atoms with Crippen molar-refractivity contribution in [1.82, 2.24) is 19.1 Å². The van der Waals surface area contributed by atoms with E-state index in [9.17, 15) is 13.2 Å². The Labute approximate surface area is 198 Å². The standard InChI is InChI=1S/C23H20N4O3S3/c1-33(29,30)24-13-12-15-10-11-21(32-15)20(28)14-31-23-26-17-7-3-2-6-16(17)22-25-18-8-4-5-9-19(18)27(22)23/h2-11,24H,12-14H2,1H3. The highest BCUT2D eigenvalue weighted by molar-refractivity contribution is 7.99. The topological polar surface area (TPSA) is 93.4 Å². The van der Waals surface area contributed by atoms with Gasteiger partial charge >= 0.3 is 0 Å². The smallest absolute Gasteiger partial charge is 0.208 e. The molecule has 0 atom stereocenters. The first-order valence-corrected chi connectivity index (χ1v) is 13.9. The Morgan fingerprint density at radius 1 is 1.03 bits per heavy atom. The van der Waals surface area contributed by atoms with Crippen LogP contribution in [0.1, 0.15) is 14.5 Å². The lowest BCUT2D eigenvalue weighted by molar-refractivity contribution is 0.102. The number of sulfonamides is 1. The van der Waals surface area contributed by atoms with Gasteiger partial charge in [0.1, 0.15) is 5.65 Å². The number of ketones is 1. The lowest BCUT2D eigenvalue weighted by Crippen LogP contribution is -2.23. The zero-order valence-electron chi connectivity index (χ0n) is 17.7. The molecule has 0 spiro atoms. The van der Waals surface area contributed by atoms with E-state index in [1.165, 1.54) is 23.1 Å². The first-order valence-electron chi connectivity index (χ1n) is 10.2. The van der Waals surface area contributed by atoms with Gasteiger partial charge in [-0.25, -0.2) is 23.1 Å². The summed E-state index contributed by atoms with van der Waals surface area (Å²) in [6, 6.07) is 19.5. The van der Waals surface area contributed by atoms with E-state index in [0.717, 1.165) is 43.9 Å². The van der Waals surface area contributed by atoms with Gasteiger partial charge in [-0.1, -0.05) is 36.0 Å². The van der Waals surface area contributed by atoms with Crippen LogP contribution in [0.5, 0.6) is 0 Å². The van der Waals surface area contributed by atoms with Crippen LogP contribution in [0.3, 0.4) is 0 Å². The molecular formula is C23H20N4O3S3. The fourth-order valence-electron chi connectivity index (χ4n) is 3.63. The molecule has 3 aromatic heterocycles. The highest BCUT2D eigenvalue weighted by atomic mass is 32.2. The maximum atomic E-state index is 12.9. The number of aromatic nitrogens is 3. The van der Waals surface area contributed by atoms with Crippen LogP contribution in [0.2, 0.25) is 0 Å². The number of fused-ring (bicyclic) bond motifs is 5. The van der Waals surface area contributed by atoms with E-state index in [1.54, 1.807) is 6.07 Å². The van der Waals surface area contributed by atoms with Crippen molar-refractivity contribution in [2.45, 2.75) is 11.6 Å². The van der Waals surface area contributed by atoms with Gasteiger partial charge < -0.3 is 0 Å². The number of thiophene rings is 1. The third-order valence-corrected chi connectivity index (χ3v) is 7.97. The van der Waals surface area contributed by atoms with Gasteiger partial charge in [0.25, 0.3) is 0 Å². The average Bonchev–Trinajstić information content (AvgIpc) is 3.41. The Morgan fingerprint density at radius 3 is 2.61 bits per heavy atom. The van der Waals surface area contributed by atoms with Crippen LogP contribution in [0.15, 0.2) is 65.8 Å². The van der Waals surface area contributed by atoms with Gasteiger partial charge in [0.05, 0.1) is 33.4 Å². The van der Waals surface area contributed by atoms with E-state index in [4.69, 9.17) is 9.97 Å². The summed E-state index contributed by atoms with van der Waals surface area (Å²) in [5.74, 6) is 0.258. The summed E-state index contributed by atoms with van der Waals surface area (Å²) in [6.45, 7) is 0.314. The summed E-state index contributed by atoms with van der Waals surface area (Å²) in [4.78, 5) is 24.2. The van der Waals surface area contributed by atoms with Crippen molar-refractivity contribution in [3.8, 4) is 0 Å². The van der Waals surface area contributed by atoms with E-state index in [2.05, 4.69) is 4.72 Å². The first-order chi connectivity index (χ1) is 15.9. The molecule has 5 aromatic rings. The van der Waals surface area contributed by atoms with Gasteiger partial charge in [-0.05, 0) is 42.8 Å². The molecule has 1 N–H and O–H groups in total. The van der Waals surface area contributed by atoms with Crippen molar-refractivity contribution >= 4 is 66.5 Å². The van der Waals surface area contributed by atoms with Crippen molar-refractivity contribution in [3.05, 3.63) is 70.4 Å². The number of imidazole rings is 1. The lowest BCUT2D eigenvalue weighted by Gasteiger charge is -2.08. The normalized spacial score (nSPS) is 12.2. The maximum absolute atomic E-state index is 12.9. The molecule has 0 amide bonds. The molecule has 33 heavy (non-hydrogen) atoms. The molecule has 0 radical (unpaired) electrons. The molecule has 0 fully saturated rings. The van der Waals surface area contributed by atoms with E-state index in [0.29, 0.717) is 17.8 Å². The highest BCUT2D eigenvalue weighted by Crippen LogP contribution is 2.29. The maximum Gasteiger partial charge on any atom is 0.208 e. The molecule has 2 aromatic carbocycles. The molecule has 168 valence electrons. The molecular weight excluding hydrogens is 476 g/mol. The molecule has 0 aliphatic heterocycles. The predicted octanol–water partition coefficient (Wildman–Crippen LogP) is 4.16. The largest absolute Gasteiger partial charge is 0.292 e. The molecule has 0 bridgehead atoms.